The Kier molecular flexibility index (Phi) is 3.42. The first-order valence-electron chi connectivity index (χ1n) is 6.82. The van der Waals surface area contributed by atoms with Crippen LogP contribution in [0.15, 0.2) is 39.5 Å². The molecule has 5 nitrogen and oxygen atoms in total. The Hall–Kier alpha value is -2.66. The number of para-hydroxylation sites is 1. The minimum Gasteiger partial charge on any atom is -0.481 e. The third kappa shape index (κ3) is 2.16. The van der Waals surface area contributed by atoms with Crippen LogP contribution in [-0.2, 0) is 17.8 Å². The monoisotopic (exact) mass is 298 g/mol. The fourth-order valence-electron chi connectivity index (χ4n) is 2.65. The van der Waals surface area contributed by atoms with Gasteiger partial charge in [-0.05, 0) is 30.2 Å². The molecule has 5 heteroatoms. The van der Waals surface area contributed by atoms with Crippen LogP contribution in [0.5, 0.6) is 0 Å². The van der Waals surface area contributed by atoms with Gasteiger partial charge in [-0.2, -0.15) is 0 Å². The summed E-state index contributed by atoms with van der Waals surface area (Å²) in [6.07, 6.45) is -0.218. The van der Waals surface area contributed by atoms with Crippen molar-refractivity contribution in [1.82, 2.24) is 0 Å². The standard InChI is InChI=1S/C17H14O5/c1-9-11(8-18)5-6-13-15(21)12-4-2-3-10(7-14(19)20)17(12)22-16(9)13/h2-6,18H,7-8H2,1H3,(H,19,20). The number of aliphatic hydroxyl groups excluding tert-OH is 1. The molecular formula is C17H14O5. The number of hydrogen-bond donors (Lipinski definition) is 2. The van der Waals surface area contributed by atoms with Gasteiger partial charge in [-0.15, -0.1) is 0 Å². The minimum absolute atomic E-state index is 0.152. The number of fused-ring (bicyclic) bond motifs is 2. The van der Waals surface area contributed by atoms with Crippen molar-refractivity contribution in [3.63, 3.8) is 0 Å². The van der Waals surface area contributed by atoms with E-state index >= 15 is 0 Å². The van der Waals surface area contributed by atoms with Crippen molar-refractivity contribution >= 4 is 27.9 Å². The molecule has 3 aromatic rings. The van der Waals surface area contributed by atoms with Crippen LogP contribution in [0, 0.1) is 6.92 Å². The zero-order valence-electron chi connectivity index (χ0n) is 11.9. The zero-order chi connectivity index (χ0) is 15.9. The highest BCUT2D eigenvalue weighted by molar-refractivity contribution is 5.93. The van der Waals surface area contributed by atoms with Crippen LogP contribution in [-0.4, -0.2) is 16.2 Å². The molecule has 1 heterocycles. The van der Waals surface area contributed by atoms with Crippen LogP contribution in [0.3, 0.4) is 0 Å². The van der Waals surface area contributed by atoms with Gasteiger partial charge in [0.1, 0.15) is 11.2 Å². The summed E-state index contributed by atoms with van der Waals surface area (Å²) in [5.41, 5.74) is 2.30. The smallest absolute Gasteiger partial charge is 0.307 e. The minimum atomic E-state index is -0.990. The second-order valence-electron chi connectivity index (χ2n) is 5.18. The van der Waals surface area contributed by atoms with Crippen molar-refractivity contribution < 1.29 is 19.4 Å². The molecule has 22 heavy (non-hydrogen) atoms. The van der Waals surface area contributed by atoms with E-state index in [4.69, 9.17) is 9.52 Å². The number of carboxylic acid groups (broad SMARTS) is 1. The molecule has 2 aromatic carbocycles. The van der Waals surface area contributed by atoms with Gasteiger partial charge in [0.05, 0.1) is 23.8 Å². The Balaban J connectivity index is 2.45. The Bertz CT molecular complexity index is 953. The average molecular weight is 298 g/mol. The summed E-state index contributed by atoms with van der Waals surface area (Å²) in [5.74, 6) is -0.990. The highest BCUT2D eigenvalue weighted by Gasteiger charge is 2.15. The van der Waals surface area contributed by atoms with Gasteiger partial charge in [0, 0.05) is 5.56 Å². The maximum Gasteiger partial charge on any atom is 0.307 e. The molecule has 3 rings (SSSR count). The lowest BCUT2D eigenvalue weighted by molar-refractivity contribution is -0.136. The molecule has 0 saturated carbocycles. The number of benzene rings is 2. The number of carbonyl (C=O) groups is 1. The van der Waals surface area contributed by atoms with Gasteiger partial charge in [-0.3, -0.25) is 9.59 Å². The molecule has 0 aliphatic rings. The number of rotatable bonds is 3. The van der Waals surface area contributed by atoms with Crippen molar-refractivity contribution in [3.05, 3.63) is 57.2 Å². The normalized spacial score (nSPS) is 11.2. The van der Waals surface area contributed by atoms with Crippen molar-refractivity contribution in [1.29, 1.82) is 0 Å². The first kappa shape index (κ1) is 14.3. The van der Waals surface area contributed by atoms with Gasteiger partial charge in [0.15, 0.2) is 0 Å². The molecule has 0 saturated heterocycles. The molecule has 0 aliphatic carbocycles. The van der Waals surface area contributed by atoms with Gasteiger partial charge in [-0.1, -0.05) is 18.2 Å². The van der Waals surface area contributed by atoms with E-state index in [0.717, 1.165) is 0 Å². The van der Waals surface area contributed by atoms with Crippen LogP contribution < -0.4 is 5.43 Å². The topological polar surface area (TPSA) is 87.7 Å². The molecule has 112 valence electrons. The summed E-state index contributed by atoms with van der Waals surface area (Å²) >= 11 is 0. The SMILES string of the molecule is Cc1c(CO)ccc2c(=O)c3cccc(CC(=O)O)c3oc12. The van der Waals surface area contributed by atoms with Crippen LogP contribution in [0.4, 0.5) is 0 Å². The Morgan fingerprint density at radius 1 is 1.09 bits per heavy atom. The van der Waals surface area contributed by atoms with Crippen LogP contribution in [0.25, 0.3) is 21.9 Å². The van der Waals surface area contributed by atoms with Crippen molar-refractivity contribution in [3.8, 4) is 0 Å². The number of aryl methyl sites for hydroxylation is 1. The summed E-state index contributed by atoms with van der Waals surface area (Å²) in [4.78, 5) is 23.6. The van der Waals surface area contributed by atoms with E-state index in [1.54, 1.807) is 37.3 Å². The third-order valence-corrected chi connectivity index (χ3v) is 3.82. The Labute approximate surface area is 125 Å². The van der Waals surface area contributed by atoms with Crippen LogP contribution in [0.1, 0.15) is 16.7 Å². The van der Waals surface area contributed by atoms with Crippen LogP contribution in [0.2, 0.25) is 0 Å². The van der Waals surface area contributed by atoms with E-state index in [2.05, 4.69) is 0 Å². The first-order chi connectivity index (χ1) is 10.5. The fraction of sp³-hybridized carbons (Fsp3) is 0.176. The molecule has 0 amide bonds. The fourth-order valence-corrected chi connectivity index (χ4v) is 2.65. The Morgan fingerprint density at radius 3 is 2.50 bits per heavy atom. The van der Waals surface area contributed by atoms with E-state index in [1.807, 2.05) is 0 Å². The van der Waals surface area contributed by atoms with E-state index < -0.39 is 5.97 Å². The van der Waals surface area contributed by atoms with E-state index in [-0.39, 0.29) is 18.5 Å². The summed E-state index contributed by atoms with van der Waals surface area (Å²) in [7, 11) is 0. The molecule has 0 radical (unpaired) electrons. The summed E-state index contributed by atoms with van der Waals surface area (Å²) in [5, 5.41) is 19.1. The van der Waals surface area contributed by atoms with Gasteiger partial charge in [0.25, 0.3) is 0 Å². The molecule has 1 aromatic heterocycles. The summed E-state index contributed by atoms with van der Waals surface area (Å²) < 4.78 is 5.86. The highest BCUT2D eigenvalue weighted by atomic mass is 16.4. The average Bonchev–Trinajstić information content (AvgIpc) is 2.49. The molecule has 0 bridgehead atoms. The van der Waals surface area contributed by atoms with E-state index in [1.165, 1.54) is 0 Å². The van der Waals surface area contributed by atoms with Crippen molar-refractivity contribution in [2.75, 3.05) is 0 Å². The Morgan fingerprint density at radius 2 is 1.82 bits per heavy atom. The molecular weight excluding hydrogens is 284 g/mol. The second kappa shape index (κ2) is 5.27. The van der Waals surface area contributed by atoms with Gasteiger partial charge < -0.3 is 14.6 Å². The van der Waals surface area contributed by atoms with Gasteiger partial charge in [-0.25, -0.2) is 0 Å². The lowest BCUT2D eigenvalue weighted by Gasteiger charge is -2.09. The molecule has 2 N–H and O–H groups in total. The second-order valence-corrected chi connectivity index (χ2v) is 5.18. The van der Waals surface area contributed by atoms with Crippen LogP contribution >= 0.6 is 0 Å². The maximum absolute atomic E-state index is 12.6. The highest BCUT2D eigenvalue weighted by Crippen LogP contribution is 2.26. The number of carboxylic acids is 1. The van der Waals surface area contributed by atoms with E-state index in [0.29, 0.717) is 38.6 Å². The summed E-state index contributed by atoms with van der Waals surface area (Å²) in [6.45, 7) is 1.61. The molecule has 0 fully saturated rings. The largest absolute Gasteiger partial charge is 0.481 e. The lowest BCUT2D eigenvalue weighted by atomic mass is 10.0. The number of aliphatic carboxylic acids is 1. The quantitative estimate of drug-likeness (QED) is 0.725. The zero-order valence-corrected chi connectivity index (χ0v) is 11.9. The molecule has 0 spiro atoms. The van der Waals surface area contributed by atoms with E-state index in [9.17, 15) is 14.7 Å². The van der Waals surface area contributed by atoms with Crippen molar-refractivity contribution in [2.24, 2.45) is 0 Å². The third-order valence-electron chi connectivity index (χ3n) is 3.82. The molecule has 0 aliphatic heterocycles. The summed E-state index contributed by atoms with van der Waals surface area (Å²) in [6, 6.07) is 8.24. The number of aliphatic hydroxyl groups is 1. The molecule has 0 unspecified atom stereocenters. The van der Waals surface area contributed by atoms with Gasteiger partial charge in [0.2, 0.25) is 5.43 Å². The lowest BCUT2D eigenvalue weighted by Crippen LogP contribution is -2.07. The maximum atomic E-state index is 12.6. The van der Waals surface area contributed by atoms with Gasteiger partial charge >= 0.3 is 5.97 Å². The van der Waals surface area contributed by atoms with Crippen molar-refractivity contribution in [2.45, 2.75) is 20.0 Å². The predicted octanol–water partition coefficient (Wildman–Crippen LogP) is 2.37. The number of hydrogen-bond acceptors (Lipinski definition) is 4. The molecule has 0 atom stereocenters. The predicted molar refractivity (Wildman–Crippen MR) is 82.0 cm³/mol. The first-order valence-corrected chi connectivity index (χ1v) is 6.82.